The topological polar surface area (TPSA) is 136 Å². The van der Waals surface area contributed by atoms with E-state index in [2.05, 4.69) is 16.9 Å². The number of benzene rings is 4. The molecule has 0 aliphatic rings. The minimum Gasteiger partial charge on any atom is -0.508 e. The molecular weight excluding hydrogens is 684 g/mol. The first-order valence-electron chi connectivity index (χ1n) is 14.2. The molecule has 13 heteroatoms. The van der Waals surface area contributed by atoms with Gasteiger partial charge in [-0.05, 0) is 66.2 Å². The molecule has 0 aliphatic carbocycles. The highest BCUT2D eigenvalue weighted by molar-refractivity contribution is 7.90. The van der Waals surface area contributed by atoms with Gasteiger partial charge in [-0.1, -0.05) is 77.7 Å². The monoisotopic (exact) mass is 713 g/mol. The summed E-state index contributed by atoms with van der Waals surface area (Å²) in [5.74, 6) is 1.08. The van der Waals surface area contributed by atoms with Gasteiger partial charge < -0.3 is 19.7 Å². The predicted octanol–water partition coefficient (Wildman–Crippen LogP) is 6.14. The highest BCUT2D eigenvalue weighted by Crippen LogP contribution is 2.45. The van der Waals surface area contributed by atoms with Crippen LogP contribution in [0.15, 0.2) is 95.9 Å². The summed E-state index contributed by atoms with van der Waals surface area (Å²) >= 11 is 13.0. The van der Waals surface area contributed by atoms with Gasteiger partial charge in [-0.15, -0.1) is 0 Å². The fraction of sp³-hybridized carbons (Fsp3) is 0.176. The second kappa shape index (κ2) is 15.7. The van der Waals surface area contributed by atoms with Crippen LogP contribution in [0.1, 0.15) is 34.0 Å². The van der Waals surface area contributed by atoms with Gasteiger partial charge in [0.2, 0.25) is 0 Å². The van der Waals surface area contributed by atoms with Crippen molar-refractivity contribution in [3.05, 3.63) is 123 Å². The van der Waals surface area contributed by atoms with Gasteiger partial charge in [-0.2, -0.15) is 0 Å². The van der Waals surface area contributed by atoms with Crippen LogP contribution in [-0.4, -0.2) is 44.3 Å². The van der Waals surface area contributed by atoms with Crippen molar-refractivity contribution in [2.75, 3.05) is 12.9 Å². The van der Waals surface area contributed by atoms with Crippen molar-refractivity contribution >= 4 is 57.6 Å². The Morgan fingerprint density at radius 2 is 1.60 bits per heavy atom. The standard InChI is InChI=1S/C34H30Cl2NO8PS/c1-3-45-46(41,27-13-8-12-26(38)21-27)16-15-25-18-29(35)32(30(36)19-25)33(39)37-31(34(40)44-22-23-9-5-4-6-10-23)20-24-11-7-14-28(17-24)47(2,42)43/h4-14,17-19,21,31,38H,3,20,22H2,1-2H3,(H,37,39)/t31-,46?/m0/s1. The number of rotatable bonds is 11. The summed E-state index contributed by atoms with van der Waals surface area (Å²) in [6, 6.07) is 22.2. The number of carbonyl (C=O) groups excluding carboxylic acids is 2. The largest absolute Gasteiger partial charge is 0.508 e. The Hall–Kier alpha value is -4.10. The van der Waals surface area contributed by atoms with E-state index in [1.165, 1.54) is 48.5 Å². The first-order valence-corrected chi connectivity index (χ1v) is 18.4. The number of nitrogens with one attached hydrogen (secondary N) is 1. The molecule has 4 aromatic rings. The maximum absolute atomic E-state index is 13.5. The zero-order valence-corrected chi connectivity index (χ0v) is 28.5. The van der Waals surface area contributed by atoms with Gasteiger partial charge in [0.25, 0.3) is 5.91 Å². The molecule has 0 saturated heterocycles. The Morgan fingerprint density at radius 3 is 2.23 bits per heavy atom. The average Bonchev–Trinajstić information content (AvgIpc) is 3.02. The molecule has 2 N–H and O–H groups in total. The second-order valence-electron chi connectivity index (χ2n) is 10.3. The van der Waals surface area contributed by atoms with Crippen LogP contribution >= 0.6 is 30.6 Å². The van der Waals surface area contributed by atoms with Gasteiger partial charge in [-0.3, -0.25) is 9.36 Å². The van der Waals surface area contributed by atoms with Crippen molar-refractivity contribution in [1.82, 2.24) is 5.32 Å². The number of ether oxygens (including phenoxy) is 1. The number of phenolic OH excluding ortho intramolecular Hbond substituents is 1. The Balaban J connectivity index is 1.61. The number of hydrogen-bond acceptors (Lipinski definition) is 8. The molecule has 0 bridgehead atoms. The first kappa shape index (κ1) is 35.7. The molecule has 0 saturated carbocycles. The molecule has 4 aromatic carbocycles. The van der Waals surface area contributed by atoms with Gasteiger partial charge in [0, 0.05) is 18.2 Å². The van der Waals surface area contributed by atoms with E-state index < -0.39 is 35.1 Å². The highest BCUT2D eigenvalue weighted by Gasteiger charge is 2.27. The minimum atomic E-state index is -3.71. The summed E-state index contributed by atoms with van der Waals surface area (Å²) in [5, 5.41) is 12.5. The molecule has 0 spiro atoms. The number of phenols is 1. The highest BCUT2D eigenvalue weighted by atomic mass is 35.5. The van der Waals surface area contributed by atoms with Gasteiger partial charge in [0.15, 0.2) is 9.84 Å². The van der Waals surface area contributed by atoms with Crippen LogP contribution in [0.5, 0.6) is 5.75 Å². The fourth-order valence-corrected chi connectivity index (χ4v) is 7.34. The Morgan fingerprint density at radius 1 is 0.936 bits per heavy atom. The van der Waals surface area contributed by atoms with E-state index in [0.717, 1.165) is 11.8 Å². The molecule has 4 rings (SSSR count). The van der Waals surface area contributed by atoms with E-state index >= 15 is 0 Å². The van der Waals surface area contributed by atoms with Crippen molar-refractivity contribution in [2.24, 2.45) is 0 Å². The number of carbonyl (C=O) groups is 2. The number of sulfone groups is 1. The summed E-state index contributed by atoms with van der Waals surface area (Å²) < 4.78 is 48.7. The van der Waals surface area contributed by atoms with E-state index in [1.54, 1.807) is 43.3 Å². The summed E-state index contributed by atoms with van der Waals surface area (Å²) in [6.07, 6.45) is 0.975. The SMILES string of the molecule is CCOP(=O)(C#Cc1cc(Cl)c(C(=O)N[C@@H](Cc2cccc(S(C)(=O)=O)c2)C(=O)OCc2ccccc2)c(Cl)c1)c1cccc(O)c1. The predicted molar refractivity (Wildman–Crippen MR) is 181 cm³/mol. The summed E-state index contributed by atoms with van der Waals surface area (Å²) in [5.41, 5.74) is 3.90. The van der Waals surface area contributed by atoms with E-state index in [-0.39, 0.29) is 56.8 Å². The lowest BCUT2D eigenvalue weighted by atomic mass is 10.0. The van der Waals surface area contributed by atoms with E-state index in [4.69, 9.17) is 32.5 Å². The van der Waals surface area contributed by atoms with Gasteiger partial charge in [0.05, 0.1) is 32.4 Å². The molecule has 0 radical (unpaired) electrons. The minimum absolute atomic E-state index is 0.0541. The van der Waals surface area contributed by atoms with Gasteiger partial charge >= 0.3 is 13.3 Å². The van der Waals surface area contributed by atoms with Crippen LogP contribution in [0.4, 0.5) is 0 Å². The average molecular weight is 715 g/mol. The van der Waals surface area contributed by atoms with Crippen LogP contribution in [0.3, 0.4) is 0 Å². The smallest absolute Gasteiger partial charge is 0.329 e. The first-order chi connectivity index (χ1) is 22.3. The van der Waals surface area contributed by atoms with Crippen LogP contribution in [-0.2, 0) is 41.5 Å². The zero-order chi connectivity index (χ0) is 34.2. The lowest BCUT2D eigenvalue weighted by molar-refractivity contribution is -0.147. The molecule has 0 heterocycles. The Bertz CT molecular complexity index is 1990. The Kier molecular flexibility index (Phi) is 11.9. The van der Waals surface area contributed by atoms with Gasteiger partial charge in [0.1, 0.15) is 18.4 Å². The molecule has 9 nitrogen and oxygen atoms in total. The third kappa shape index (κ3) is 9.71. The van der Waals surface area contributed by atoms with Crippen molar-refractivity contribution in [1.29, 1.82) is 0 Å². The van der Waals surface area contributed by atoms with Crippen molar-refractivity contribution in [3.63, 3.8) is 0 Å². The molecular formula is C34H30Cl2NO8PS. The van der Waals surface area contributed by atoms with E-state index in [0.29, 0.717) is 5.56 Å². The van der Waals surface area contributed by atoms with Crippen molar-refractivity contribution < 1.29 is 36.9 Å². The molecule has 0 aromatic heterocycles. The normalized spacial score (nSPS) is 13.0. The van der Waals surface area contributed by atoms with E-state index in [1.807, 2.05) is 6.07 Å². The lowest BCUT2D eigenvalue weighted by Gasteiger charge is -2.19. The number of aromatic hydroxyl groups is 1. The maximum Gasteiger partial charge on any atom is 0.329 e. The molecule has 47 heavy (non-hydrogen) atoms. The van der Waals surface area contributed by atoms with Crippen LogP contribution in [0.2, 0.25) is 10.0 Å². The maximum atomic E-state index is 13.5. The quantitative estimate of drug-likeness (QED) is 0.108. The van der Waals surface area contributed by atoms with Crippen LogP contribution in [0, 0.1) is 11.6 Å². The lowest BCUT2D eigenvalue weighted by Crippen LogP contribution is -2.43. The van der Waals surface area contributed by atoms with Crippen molar-refractivity contribution in [3.8, 4) is 17.3 Å². The number of halogens is 2. The molecule has 0 aliphatic heterocycles. The summed E-state index contributed by atoms with van der Waals surface area (Å²) in [4.78, 5) is 26.8. The summed E-state index contributed by atoms with van der Waals surface area (Å²) in [7, 11) is -7.24. The molecule has 0 fully saturated rings. The molecule has 2 atom stereocenters. The van der Waals surface area contributed by atoms with Gasteiger partial charge in [-0.25, -0.2) is 13.2 Å². The number of esters is 1. The molecule has 1 amide bonds. The fourth-order valence-electron chi connectivity index (χ4n) is 4.42. The van der Waals surface area contributed by atoms with Crippen molar-refractivity contribution in [2.45, 2.75) is 30.9 Å². The van der Waals surface area contributed by atoms with Crippen LogP contribution in [0.25, 0.3) is 0 Å². The Labute approximate surface area is 283 Å². The van der Waals surface area contributed by atoms with Crippen LogP contribution < -0.4 is 10.6 Å². The number of amides is 1. The molecule has 1 unspecified atom stereocenters. The third-order valence-corrected chi connectivity index (χ3v) is 10.4. The third-order valence-electron chi connectivity index (χ3n) is 6.68. The molecule has 244 valence electrons. The van der Waals surface area contributed by atoms with E-state index in [9.17, 15) is 27.7 Å². The summed E-state index contributed by atoms with van der Waals surface area (Å²) in [6.45, 7) is 1.69. The second-order valence-corrected chi connectivity index (χ2v) is 15.2. The zero-order valence-electron chi connectivity index (χ0n) is 25.3. The number of hydrogen-bond donors (Lipinski definition) is 2.